The molecule has 47 heavy (non-hydrogen) atoms. The van der Waals surface area contributed by atoms with E-state index in [-0.39, 0.29) is 0 Å². The molecule has 0 saturated carbocycles. The van der Waals surface area contributed by atoms with Crippen molar-refractivity contribution in [1.82, 2.24) is 4.98 Å². The quantitative estimate of drug-likeness (QED) is 0.0722. The summed E-state index contributed by atoms with van der Waals surface area (Å²) < 4.78 is 0. The predicted octanol–water partition coefficient (Wildman–Crippen LogP) is 10.3. The van der Waals surface area contributed by atoms with Gasteiger partial charge in [-0.25, -0.2) is 0 Å². The second kappa shape index (κ2) is 18.2. The summed E-state index contributed by atoms with van der Waals surface area (Å²) in [5.74, 6) is 2.16. The Morgan fingerprint density at radius 2 is 1.45 bits per heavy atom. The van der Waals surface area contributed by atoms with E-state index in [1.165, 1.54) is 44.6 Å². The lowest BCUT2D eigenvalue weighted by atomic mass is 9.98. The number of aromatic nitrogens is 1. The lowest BCUT2D eigenvalue weighted by molar-refractivity contribution is 0.977. The molecule has 4 aromatic rings. The number of anilines is 2. The Bertz CT molecular complexity index is 1760. The fourth-order valence-electron chi connectivity index (χ4n) is 5.30. The first-order chi connectivity index (χ1) is 23.1. The fourth-order valence-corrected chi connectivity index (χ4v) is 7.38. The Labute approximate surface area is 288 Å². The van der Waals surface area contributed by atoms with Gasteiger partial charge >= 0.3 is 0 Å². The van der Waals surface area contributed by atoms with Gasteiger partial charge in [0.15, 0.2) is 0 Å². The zero-order valence-corrected chi connectivity index (χ0v) is 29.3. The van der Waals surface area contributed by atoms with Crippen LogP contribution in [0.2, 0.25) is 0 Å². The van der Waals surface area contributed by atoms with Crippen molar-refractivity contribution in [3.05, 3.63) is 143 Å². The van der Waals surface area contributed by atoms with Crippen LogP contribution in [0.3, 0.4) is 0 Å². The summed E-state index contributed by atoms with van der Waals surface area (Å²) in [4.78, 5) is 13.3. The average Bonchev–Trinajstić information content (AvgIpc) is 3.12. The van der Waals surface area contributed by atoms with E-state index in [0.29, 0.717) is 0 Å². The van der Waals surface area contributed by atoms with Gasteiger partial charge in [-0.3, -0.25) is 4.98 Å². The molecule has 6 heteroatoms. The van der Waals surface area contributed by atoms with Gasteiger partial charge < -0.3 is 14.8 Å². The van der Waals surface area contributed by atoms with E-state index in [4.69, 9.17) is 0 Å². The number of fused-ring (bicyclic) bond motifs is 1. The molecule has 0 aliphatic heterocycles. The molecule has 4 nitrogen and oxygen atoms in total. The van der Waals surface area contributed by atoms with E-state index in [9.17, 15) is 0 Å². The lowest BCUT2D eigenvalue weighted by Gasteiger charge is -2.20. The van der Waals surface area contributed by atoms with Crippen molar-refractivity contribution in [2.75, 3.05) is 55.5 Å². The summed E-state index contributed by atoms with van der Waals surface area (Å²) in [6.07, 6.45) is 23.1. The Morgan fingerprint density at radius 1 is 0.787 bits per heavy atom. The standard InChI is InChI=1S/C41H44N4S2/c1-42-27-25-36(35-9-5-4-6-10-35)19-13-33-15-21-38(22-16-33)44(2)29-31-46-47-32-30-45(3)39-23-17-34(18-24-39)14-20-37-26-28-43-41-12-8-7-11-40(37)41/h4-9,11-24,26-28H,10,25,29-32H2,1-3H3/b19-13+,20-14?,36-35?,42-27?. The van der Waals surface area contributed by atoms with Crippen LogP contribution in [-0.4, -0.2) is 56.9 Å². The van der Waals surface area contributed by atoms with E-state index in [1.807, 2.05) is 47.1 Å². The molecular formula is C41H44N4S2. The third kappa shape index (κ3) is 10.4. The second-order valence-corrected chi connectivity index (χ2v) is 14.1. The number of para-hydroxylation sites is 1. The molecule has 0 amide bonds. The van der Waals surface area contributed by atoms with E-state index >= 15 is 0 Å². The Kier molecular flexibility index (Phi) is 13.2. The Balaban J connectivity index is 1.01. The van der Waals surface area contributed by atoms with Crippen LogP contribution in [0.25, 0.3) is 29.1 Å². The maximum Gasteiger partial charge on any atom is 0.0707 e. The molecule has 3 aromatic carbocycles. The van der Waals surface area contributed by atoms with E-state index in [0.717, 1.165) is 43.0 Å². The summed E-state index contributed by atoms with van der Waals surface area (Å²) in [5.41, 5.74) is 9.77. The van der Waals surface area contributed by atoms with Crippen LogP contribution in [0.15, 0.2) is 132 Å². The van der Waals surface area contributed by atoms with Crippen molar-refractivity contribution in [3.63, 3.8) is 0 Å². The minimum Gasteiger partial charge on any atom is -0.374 e. The highest BCUT2D eigenvalue weighted by molar-refractivity contribution is 8.76. The van der Waals surface area contributed by atoms with Gasteiger partial charge in [0.05, 0.1) is 5.52 Å². The Morgan fingerprint density at radius 3 is 2.09 bits per heavy atom. The van der Waals surface area contributed by atoms with E-state index in [1.54, 1.807) is 0 Å². The van der Waals surface area contributed by atoms with Gasteiger partial charge in [0.25, 0.3) is 0 Å². The minimum atomic E-state index is 0.852. The molecule has 0 spiro atoms. The summed E-state index contributed by atoms with van der Waals surface area (Å²) in [6.45, 7) is 2.02. The molecule has 1 aliphatic carbocycles. The Hall–Kier alpha value is -4.26. The smallest absolute Gasteiger partial charge is 0.0707 e. The van der Waals surface area contributed by atoms with Gasteiger partial charge in [0.2, 0.25) is 0 Å². The highest BCUT2D eigenvalue weighted by Crippen LogP contribution is 2.25. The fraction of sp³-hybridized carbons (Fsp3) is 0.220. The van der Waals surface area contributed by atoms with Crippen molar-refractivity contribution < 1.29 is 0 Å². The number of hydrogen-bond donors (Lipinski definition) is 0. The molecule has 0 atom stereocenters. The minimum absolute atomic E-state index is 0.852. The molecule has 1 heterocycles. The van der Waals surface area contributed by atoms with Crippen molar-refractivity contribution in [2.45, 2.75) is 12.8 Å². The first-order valence-corrected chi connectivity index (χ1v) is 18.6. The van der Waals surface area contributed by atoms with Crippen LogP contribution < -0.4 is 9.80 Å². The van der Waals surface area contributed by atoms with Gasteiger partial charge in [0.1, 0.15) is 0 Å². The number of benzene rings is 3. The number of rotatable bonds is 15. The highest BCUT2D eigenvalue weighted by atomic mass is 33.1. The van der Waals surface area contributed by atoms with Crippen LogP contribution in [0.4, 0.5) is 11.4 Å². The SMILES string of the molecule is CN=CCC(/C=C/c1ccc(N(C)CCSSCCN(C)c2ccc(C=Cc3ccnc4ccccc34)cc2)cc1)=C1C=CC=CC1. The molecular weight excluding hydrogens is 613 g/mol. The maximum atomic E-state index is 4.46. The first kappa shape index (κ1) is 34.1. The van der Waals surface area contributed by atoms with Crippen LogP contribution in [-0.2, 0) is 0 Å². The number of hydrogen-bond acceptors (Lipinski definition) is 6. The summed E-state index contributed by atoms with van der Waals surface area (Å²) >= 11 is 0. The summed E-state index contributed by atoms with van der Waals surface area (Å²) in [7, 11) is 10.1. The number of nitrogens with zero attached hydrogens (tertiary/aromatic N) is 4. The highest BCUT2D eigenvalue weighted by Gasteiger charge is 2.05. The molecule has 240 valence electrons. The molecule has 0 N–H and O–H groups in total. The number of aliphatic imine (C=N–C) groups is 1. The molecule has 5 rings (SSSR count). The summed E-state index contributed by atoms with van der Waals surface area (Å²) in [6, 6.07) is 28.0. The van der Waals surface area contributed by atoms with Gasteiger partial charge in [-0.2, -0.15) is 0 Å². The largest absolute Gasteiger partial charge is 0.374 e. The van der Waals surface area contributed by atoms with E-state index in [2.05, 4.69) is 155 Å². The van der Waals surface area contributed by atoms with Crippen molar-refractivity contribution in [1.29, 1.82) is 0 Å². The van der Waals surface area contributed by atoms with Gasteiger partial charge in [-0.15, -0.1) is 0 Å². The third-order valence-electron chi connectivity index (χ3n) is 8.17. The van der Waals surface area contributed by atoms with Crippen molar-refractivity contribution in [3.8, 4) is 0 Å². The first-order valence-electron chi connectivity index (χ1n) is 16.1. The molecule has 1 aromatic heterocycles. The predicted molar refractivity (Wildman–Crippen MR) is 213 cm³/mol. The number of allylic oxidation sites excluding steroid dienone is 7. The topological polar surface area (TPSA) is 31.7 Å². The zero-order chi connectivity index (χ0) is 32.7. The van der Waals surface area contributed by atoms with Crippen LogP contribution in [0, 0.1) is 0 Å². The van der Waals surface area contributed by atoms with Crippen LogP contribution in [0.5, 0.6) is 0 Å². The van der Waals surface area contributed by atoms with Gasteiger partial charge in [-0.05, 0) is 70.7 Å². The van der Waals surface area contributed by atoms with Crippen LogP contribution >= 0.6 is 21.6 Å². The molecule has 0 radical (unpaired) electrons. The number of pyridine rings is 1. The van der Waals surface area contributed by atoms with Crippen molar-refractivity contribution >= 4 is 68.3 Å². The normalized spacial score (nSPS) is 14.2. The van der Waals surface area contributed by atoms with E-state index < -0.39 is 0 Å². The second-order valence-electron chi connectivity index (χ2n) is 11.4. The average molecular weight is 657 g/mol. The molecule has 0 bridgehead atoms. The molecule has 1 aliphatic rings. The van der Waals surface area contributed by atoms with Crippen molar-refractivity contribution in [2.24, 2.45) is 4.99 Å². The molecule has 0 fully saturated rings. The summed E-state index contributed by atoms with van der Waals surface area (Å²) in [5, 5.41) is 1.18. The third-order valence-corrected chi connectivity index (χ3v) is 10.5. The van der Waals surface area contributed by atoms with Crippen LogP contribution in [0.1, 0.15) is 29.5 Å². The van der Waals surface area contributed by atoms with Gasteiger partial charge in [-0.1, -0.05) is 113 Å². The van der Waals surface area contributed by atoms with Gasteiger partial charge in [0, 0.05) is 81.3 Å². The monoisotopic (exact) mass is 656 g/mol. The molecule has 0 saturated heterocycles. The maximum absolute atomic E-state index is 4.46. The zero-order valence-electron chi connectivity index (χ0n) is 27.6. The molecule has 0 unspecified atom stereocenters. The lowest BCUT2D eigenvalue weighted by Crippen LogP contribution is -2.21.